The molecule has 0 aliphatic heterocycles. The Labute approximate surface area is 73.8 Å². The lowest BCUT2D eigenvalue weighted by Gasteiger charge is -2.18. The molecule has 2 aliphatic rings. The van der Waals surface area contributed by atoms with Gasteiger partial charge in [0.1, 0.15) is 0 Å². The number of carbonyl (C=O) groups is 1. The van der Waals surface area contributed by atoms with Gasteiger partial charge < -0.3 is 0 Å². The van der Waals surface area contributed by atoms with E-state index < -0.39 is 0 Å². The van der Waals surface area contributed by atoms with Crippen LogP contribution in [0.2, 0.25) is 0 Å². The van der Waals surface area contributed by atoms with Gasteiger partial charge in [-0.2, -0.15) is 0 Å². The number of carbonyl (C=O) groups excluding carboxylic acids is 1. The predicted octanol–water partition coefficient (Wildman–Crippen LogP) is 2.57. The van der Waals surface area contributed by atoms with Crippen LogP contribution in [-0.4, -0.2) is 5.78 Å². The topological polar surface area (TPSA) is 17.1 Å². The first-order chi connectivity index (χ1) is 5.68. The first-order valence-corrected chi connectivity index (χ1v) is 4.89. The molecule has 0 bridgehead atoms. The van der Waals surface area contributed by atoms with Crippen LogP contribution in [0, 0.1) is 17.8 Å². The summed E-state index contributed by atoms with van der Waals surface area (Å²) in [7, 11) is 0. The zero-order chi connectivity index (χ0) is 8.72. The standard InChI is InChI=1S/C11H16O/c1-7-3-4-9(11(12)5-7)10-6-8(10)2/h5,8-10H,3-4,6H2,1-2H3/t8-,9?,10?/m0/s1. The molecule has 66 valence electrons. The largest absolute Gasteiger partial charge is 0.295 e. The number of hydrogen-bond donors (Lipinski definition) is 0. The lowest BCUT2D eigenvalue weighted by atomic mass is 9.85. The highest BCUT2D eigenvalue weighted by Crippen LogP contribution is 2.47. The van der Waals surface area contributed by atoms with Crippen molar-refractivity contribution >= 4 is 5.78 Å². The quantitative estimate of drug-likeness (QED) is 0.582. The Bertz CT molecular complexity index is 239. The highest BCUT2D eigenvalue weighted by molar-refractivity contribution is 5.93. The summed E-state index contributed by atoms with van der Waals surface area (Å²) >= 11 is 0. The van der Waals surface area contributed by atoms with Crippen LogP contribution in [0.25, 0.3) is 0 Å². The van der Waals surface area contributed by atoms with Gasteiger partial charge in [0.05, 0.1) is 0 Å². The molecule has 0 heterocycles. The molecule has 0 radical (unpaired) electrons. The number of ketones is 1. The van der Waals surface area contributed by atoms with E-state index in [0.29, 0.717) is 11.7 Å². The monoisotopic (exact) mass is 164 g/mol. The Morgan fingerprint density at radius 2 is 2.17 bits per heavy atom. The van der Waals surface area contributed by atoms with Crippen molar-refractivity contribution in [2.45, 2.75) is 33.1 Å². The summed E-state index contributed by atoms with van der Waals surface area (Å²) < 4.78 is 0. The first kappa shape index (κ1) is 8.03. The van der Waals surface area contributed by atoms with E-state index in [0.717, 1.165) is 24.7 Å². The molecule has 1 fully saturated rings. The molecule has 0 amide bonds. The molecule has 0 aromatic carbocycles. The minimum atomic E-state index is 0.378. The molecule has 1 heteroatoms. The van der Waals surface area contributed by atoms with Gasteiger partial charge >= 0.3 is 0 Å². The Morgan fingerprint density at radius 1 is 1.50 bits per heavy atom. The number of rotatable bonds is 1. The van der Waals surface area contributed by atoms with Crippen LogP contribution in [0.15, 0.2) is 11.6 Å². The molecular weight excluding hydrogens is 148 g/mol. The van der Waals surface area contributed by atoms with Gasteiger partial charge in [0.15, 0.2) is 5.78 Å². The highest BCUT2D eigenvalue weighted by atomic mass is 16.1. The molecule has 0 N–H and O–H groups in total. The van der Waals surface area contributed by atoms with Crippen molar-refractivity contribution in [2.75, 3.05) is 0 Å². The van der Waals surface area contributed by atoms with Crippen molar-refractivity contribution in [1.29, 1.82) is 0 Å². The number of allylic oxidation sites excluding steroid dienone is 2. The highest BCUT2D eigenvalue weighted by Gasteiger charge is 2.42. The van der Waals surface area contributed by atoms with Crippen LogP contribution in [0.5, 0.6) is 0 Å². The smallest absolute Gasteiger partial charge is 0.159 e. The second-order valence-electron chi connectivity index (χ2n) is 4.42. The molecule has 1 saturated carbocycles. The minimum absolute atomic E-state index is 0.378. The predicted molar refractivity (Wildman–Crippen MR) is 48.8 cm³/mol. The van der Waals surface area contributed by atoms with Crippen LogP contribution in [0.4, 0.5) is 0 Å². The van der Waals surface area contributed by atoms with Crippen molar-refractivity contribution in [3.05, 3.63) is 11.6 Å². The van der Waals surface area contributed by atoms with Crippen molar-refractivity contribution in [3.63, 3.8) is 0 Å². The van der Waals surface area contributed by atoms with E-state index >= 15 is 0 Å². The molecule has 2 unspecified atom stereocenters. The summed E-state index contributed by atoms with van der Waals surface area (Å²) in [6.07, 6.45) is 5.39. The van der Waals surface area contributed by atoms with Crippen LogP contribution < -0.4 is 0 Å². The van der Waals surface area contributed by atoms with Gasteiger partial charge in [-0.25, -0.2) is 0 Å². The average Bonchev–Trinajstić information content (AvgIpc) is 2.66. The van der Waals surface area contributed by atoms with E-state index in [9.17, 15) is 4.79 Å². The fraction of sp³-hybridized carbons (Fsp3) is 0.727. The Hall–Kier alpha value is -0.590. The second kappa shape index (κ2) is 2.72. The van der Waals surface area contributed by atoms with Crippen LogP contribution >= 0.6 is 0 Å². The maximum absolute atomic E-state index is 11.6. The summed E-state index contributed by atoms with van der Waals surface area (Å²) in [5, 5.41) is 0. The van der Waals surface area contributed by atoms with Crippen LogP contribution in [-0.2, 0) is 4.79 Å². The third kappa shape index (κ3) is 1.33. The van der Waals surface area contributed by atoms with E-state index in [2.05, 4.69) is 13.8 Å². The SMILES string of the molecule is CC1=CC(=O)C(C2C[C@@H]2C)CC1. The minimum Gasteiger partial charge on any atom is -0.295 e. The fourth-order valence-electron chi connectivity index (χ4n) is 2.28. The molecule has 0 aromatic heterocycles. The van der Waals surface area contributed by atoms with E-state index in [1.54, 1.807) is 0 Å². The average molecular weight is 164 g/mol. The summed E-state index contributed by atoms with van der Waals surface area (Å²) in [5.41, 5.74) is 1.27. The lowest BCUT2D eigenvalue weighted by molar-refractivity contribution is -0.119. The summed E-state index contributed by atoms with van der Waals surface area (Å²) in [4.78, 5) is 11.6. The van der Waals surface area contributed by atoms with Gasteiger partial charge in [0, 0.05) is 5.92 Å². The molecule has 0 spiro atoms. The van der Waals surface area contributed by atoms with Gasteiger partial charge in [0.25, 0.3) is 0 Å². The fourth-order valence-corrected chi connectivity index (χ4v) is 2.28. The van der Waals surface area contributed by atoms with E-state index in [4.69, 9.17) is 0 Å². The zero-order valence-corrected chi connectivity index (χ0v) is 7.84. The molecule has 0 aromatic rings. The third-order valence-electron chi connectivity index (χ3n) is 3.29. The maximum atomic E-state index is 11.6. The van der Waals surface area contributed by atoms with E-state index in [1.165, 1.54) is 12.0 Å². The van der Waals surface area contributed by atoms with E-state index in [1.807, 2.05) is 6.08 Å². The zero-order valence-electron chi connectivity index (χ0n) is 7.84. The molecule has 1 nitrogen and oxygen atoms in total. The van der Waals surface area contributed by atoms with Gasteiger partial charge in [0.2, 0.25) is 0 Å². The third-order valence-corrected chi connectivity index (χ3v) is 3.29. The maximum Gasteiger partial charge on any atom is 0.159 e. The molecule has 2 aliphatic carbocycles. The van der Waals surface area contributed by atoms with Crippen LogP contribution in [0.3, 0.4) is 0 Å². The molecular formula is C11H16O. The van der Waals surface area contributed by atoms with Crippen molar-refractivity contribution < 1.29 is 4.79 Å². The summed E-state index contributed by atoms with van der Waals surface area (Å²) in [5.74, 6) is 2.31. The van der Waals surface area contributed by atoms with Gasteiger partial charge in [-0.3, -0.25) is 4.79 Å². The van der Waals surface area contributed by atoms with Gasteiger partial charge in [-0.05, 0) is 44.1 Å². The van der Waals surface area contributed by atoms with Crippen molar-refractivity contribution in [3.8, 4) is 0 Å². The van der Waals surface area contributed by atoms with Crippen molar-refractivity contribution in [1.82, 2.24) is 0 Å². The lowest BCUT2D eigenvalue weighted by Crippen LogP contribution is -2.19. The summed E-state index contributed by atoms with van der Waals surface area (Å²) in [6, 6.07) is 0. The number of hydrogen-bond acceptors (Lipinski definition) is 1. The first-order valence-electron chi connectivity index (χ1n) is 4.89. The molecule has 3 atom stereocenters. The van der Waals surface area contributed by atoms with Gasteiger partial charge in [-0.15, -0.1) is 0 Å². The molecule has 2 rings (SSSR count). The van der Waals surface area contributed by atoms with Crippen molar-refractivity contribution in [2.24, 2.45) is 17.8 Å². The molecule has 0 saturated heterocycles. The Morgan fingerprint density at radius 3 is 2.67 bits per heavy atom. The van der Waals surface area contributed by atoms with E-state index in [-0.39, 0.29) is 0 Å². The summed E-state index contributed by atoms with van der Waals surface area (Å²) in [6.45, 7) is 4.31. The van der Waals surface area contributed by atoms with Crippen LogP contribution in [0.1, 0.15) is 33.1 Å². The Balaban J connectivity index is 2.05. The second-order valence-corrected chi connectivity index (χ2v) is 4.42. The molecule has 12 heavy (non-hydrogen) atoms. The Kier molecular flexibility index (Phi) is 1.82. The van der Waals surface area contributed by atoms with Gasteiger partial charge in [-0.1, -0.05) is 12.5 Å². The normalized spacial score (nSPS) is 41.0.